The van der Waals surface area contributed by atoms with Crippen molar-refractivity contribution in [2.75, 3.05) is 30.3 Å². The number of para-hydroxylation sites is 2. The van der Waals surface area contributed by atoms with Crippen LogP contribution in [0.25, 0.3) is 33.1 Å². The first-order valence-corrected chi connectivity index (χ1v) is 14.2. The fraction of sp³-hybridized carbons (Fsp3) is 0.258. The number of anilines is 3. The van der Waals surface area contributed by atoms with E-state index in [-0.39, 0.29) is 18.6 Å². The van der Waals surface area contributed by atoms with Gasteiger partial charge >= 0.3 is 0 Å². The number of aryl methyl sites for hydroxylation is 3. The lowest BCUT2D eigenvalue weighted by Crippen LogP contribution is -2.33. The Morgan fingerprint density at radius 1 is 1.16 bits per heavy atom. The van der Waals surface area contributed by atoms with Gasteiger partial charge in [-0.3, -0.25) is 14.4 Å². The highest BCUT2D eigenvalue weighted by atomic mass is 16.5. The molecule has 0 bridgehead atoms. The number of rotatable bonds is 8. The normalized spacial score (nSPS) is 15.4. The van der Waals surface area contributed by atoms with Crippen LogP contribution in [0, 0.1) is 13.8 Å². The first-order chi connectivity index (χ1) is 20.9. The topological polar surface area (TPSA) is 139 Å². The van der Waals surface area contributed by atoms with Crippen molar-refractivity contribution in [3.63, 3.8) is 0 Å². The summed E-state index contributed by atoms with van der Waals surface area (Å²) in [5, 5.41) is 16.6. The van der Waals surface area contributed by atoms with Crippen molar-refractivity contribution >= 4 is 45.2 Å². The number of benzene rings is 2. The summed E-state index contributed by atoms with van der Waals surface area (Å²) in [7, 11) is 1.89. The van der Waals surface area contributed by atoms with E-state index < -0.39 is 0 Å². The van der Waals surface area contributed by atoms with Crippen LogP contribution in [0.3, 0.4) is 0 Å². The largest absolute Gasteiger partial charge is 0.470 e. The van der Waals surface area contributed by atoms with Crippen molar-refractivity contribution < 1.29 is 14.1 Å². The van der Waals surface area contributed by atoms with Gasteiger partial charge < -0.3 is 24.9 Å². The average molecular weight is 578 g/mol. The molecule has 12 heteroatoms. The van der Waals surface area contributed by atoms with E-state index in [4.69, 9.17) is 14.2 Å². The van der Waals surface area contributed by atoms with Crippen molar-refractivity contribution in [1.82, 2.24) is 34.8 Å². The number of fused-ring (bicyclic) bond motifs is 2. The third-order valence-electron chi connectivity index (χ3n) is 7.79. The van der Waals surface area contributed by atoms with E-state index in [1.807, 2.05) is 75.6 Å². The van der Waals surface area contributed by atoms with Crippen LogP contribution in [0.5, 0.6) is 5.88 Å². The monoisotopic (exact) mass is 577 g/mol. The number of nitrogens with one attached hydrogen (secondary N) is 3. The number of amides is 1. The highest BCUT2D eigenvalue weighted by Gasteiger charge is 2.27. The molecule has 1 aliphatic rings. The number of aromatic amines is 1. The molecule has 4 aromatic heterocycles. The van der Waals surface area contributed by atoms with E-state index in [2.05, 4.69) is 35.8 Å². The highest BCUT2D eigenvalue weighted by molar-refractivity contribution is 6.06. The van der Waals surface area contributed by atoms with Crippen LogP contribution in [0.2, 0.25) is 0 Å². The number of nitrogens with zero attached hydrogens (tertiary/aromatic N) is 6. The lowest BCUT2D eigenvalue weighted by Gasteiger charge is -2.16. The zero-order valence-electron chi connectivity index (χ0n) is 24.1. The summed E-state index contributed by atoms with van der Waals surface area (Å²) < 4.78 is 13.3. The van der Waals surface area contributed by atoms with E-state index in [0.717, 1.165) is 51.8 Å². The SMILES string of the molecule is Cc1cnc(Nc2cc(C)n(C)n2)nc1-c1c[nH]c2c(NC(=O)CN3CC[C@H](Oc4noc5ccccc45)C3)cccc12. The van der Waals surface area contributed by atoms with E-state index in [0.29, 0.717) is 35.5 Å². The maximum Gasteiger partial charge on any atom is 0.262 e. The Morgan fingerprint density at radius 3 is 2.88 bits per heavy atom. The van der Waals surface area contributed by atoms with Gasteiger partial charge in [0, 0.05) is 55.2 Å². The Balaban J connectivity index is 1.03. The van der Waals surface area contributed by atoms with E-state index in [1.165, 1.54) is 0 Å². The van der Waals surface area contributed by atoms with Crippen molar-refractivity contribution in [1.29, 1.82) is 0 Å². The van der Waals surface area contributed by atoms with E-state index in [9.17, 15) is 4.79 Å². The number of carbonyl (C=O) groups is 1. The van der Waals surface area contributed by atoms with Crippen LogP contribution in [0.15, 0.2) is 65.4 Å². The number of hydrogen-bond donors (Lipinski definition) is 3. The van der Waals surface area contributed by atoms with Gasteiger partial charge in [-0.05, 0) is 49.2 Å². The highest BCUT2D eigenvalue weighted by Crippen LogP contribution is 2.34. The predicted octanol–water partition coefficient (Wildman–Crippen LogP) is 4.95. The smallest absolute Gasteiger partial charge is 0.262 e. The molecule has 1 amide bonds. The quantitative estimate of drug-likeness (QED) is 0.229. The molecule has 0 radical (unpaired) electrons. The molecule has 2 aromatic carbocycles. The molecule has 3 N–H and O–H groups in total. The number of aromatic nitrogens is 6. The van der Waals surface area contributed by atoms with Crippen molar-refractivity contribution in [3.8, 4) is 17.1 Å². The van der Waals surface area contributed by atoms with Gasteiger partial charge in [0.1, 0.15) is 6.10 Å². The number of carbonyl (C=O) groups excluding carboxylic acids is 1. The van der Waals surface area contributed by atoms with Crippen LogP contribution >= 0.6 is 0 Å². The second-order valence-electron chi connectivity index (χ2n) is 10.9. The summed E-state index contributed by atoms with van der Waals surface area (Å²) >= 11 is 0. The predicted molar refractivity (Wildman–Crippen MR) is 163 cm³/mol. The second kappa shape index (κ2) is 10.9. The molecule has 7 rings (SSSR count). The molecule has 218 valence electrons. The fourth-order valence-electron chi connectivity index (χ4n) is 5.50. The lowest BCUT2D eigenvalue weighted by molar-refractivity contribution is -0.117. The van der Waals surface area contributed by atoms with E-state index in [1.54, 1.807) is 10.9 Å². The minimum atomic E-state index is -0.0912. The summed E-state index contributed by atoms with van der Waals surface area (Å²) in [4.78, 5) is 27.8. The molecular formula is C31H31N9O3. The Hall–Kier alpha value is -5.23. The van der Waals surface area contributed by atoms with Gasteiger partial charge in [0.25, 0.3) is 5.88 Å². The molecule has 12 nitrogen and oxygen atoms in total. The Bertz CT molecular complexity index is 1940. The lowest BCUT2D eigenvalue weighted by atomic mass is 10.1. The van der Waals surface area contributed by atoms with Crippen LogP contribution in [-0.4, -0.2) is 66.4 Å². The number of likely N-dealkylation sites (tertiary alicyclic amines) is 1. The third-order valence-corrected chi connectivity index (χ3v) is 7.79. The van der Waals surface area contributed by atoms with Crippen LogP contribution < -0.4 is 15.4 Å². The zero-order chi connectivity index (χ0) is 29.5. The summed E-state index contributed by atoms with van der Waals surface area (Å²) in [6.07, 6.45) is 4.45. The number of hydrogen-bond acceptors (Lipinski definition) is 9. The molecule has 0 unspecified atom stereocenters. The van der Waals surface area contributed by atoms with Gasteiger partial charge in [0.2, 0.25) is 11.9 Å². The zero-order valence-corrected chi connectivity index (χ0v) is 24.1. The van der Waals surface area contributed by atoms with Gasteiger partial charge in [-0.1, -0.05) is 24.3 Å². The molecule has 1 atom stereocenters. The third kappa shape index (κ3) is 5.28. The number of H-pyrrole nitrogens is 1. The summed E-state index contributed by atoms with van der Waals surface area (Å²) in [6, 6.07) is 15.4. The number of ether oxygens (including phenoxy) is 1. The first kappa shape index (κ1) is 26.7. The molecule has 1 aliphatic heterocycles. The molecule has 1 saturated heterocycles. The summed E-state index contributed by atoms with van der Waals surface area (Å²) in [5.74, 6) is 1.55. The second-order valence-corrected chi connectivity index (χ2v) is 10.9. The molecule has 0 spiro atoms. The van der Waals surface area contributed by atoms with Gasteiger partial charge in [0.15, 0.2) is 11.4 Å². The molecule has 6 aromatic rings. The van der Waals surface area contributed by atoms with Crippen LogP contribution in [-0.2, 0) is 11.8 Å². The van der Waals surface area contributed by atoms with Crippen molar-refractivity contribution in [3.05, 3.63) is 72.2 Å². The van der Waals surface area contributed by atoms with Gasteiger partial charge in [-0.2, -0.15) is 5.10 Å². The van der Waals surface area contributed by atoms with Gasteiger partial charge in [0.05, 0.1) is 28.8 Å². The Kier molecular flexibility index (Phi) is 6.74. The molecule has 1 fully saturated rings. The summed E-state index contributed by atoms with van der Waals surface area (Å²) in [5.41, 5.74) is 5.92. The van der Waals surface area contributed by atoms with Gasteiger partial charge in [-0.15, -0.1) is 0 Å². The minimum absolute atomic E-state index is 0.0621. The average Bonchev–Trinajstić information content (AvgIpc) is 3.78. The maximum atomic E-state index is 13.1. The minimum Gasteiger partial charge on any atom is -0.470 e. The molecule has 5 heterocycles. The van der Waals surface area contributed by atoms with Gasteiger partial charge in [-0.25, -0.2) is 9.97 Å². The first-order valence-electron chi connectivity index (χ1n) is 14.2. The maximum absolute atomic E-state index is 13.1. The van der Waals surface area contributed by atoms with Crippen molar-refractivity contribution in [2.45, 2.75) is 26.4 Å². The summed E-state index contributed by atoms with van der Waals surface area (Å²) in [6.45, 7) is 5.61. The van der Waals surface area contributed by atoms with Crippen molar-refractivity contribution in [2.24, 2.45) is 7.05 Å². The fourth-order valence-corrected chi connectivity index (χ4v) is 5.50. The molecular weight excluding hydrogens is 546 g/mol. The van der Waals surface area contributed by atoms with Crippen LogP contribution in [0.1, 0.15) is 17.7 Å². The van der Waals surface area contributed by atoms with E-state index >= 15 is 0 Å². The Labute approximate surface area is 247 Å². The van der Waals surface area contributed by atoms with Crippen LogP contribution in [0.4, 0.5) is 17.5 Å². The standard InChI is InChI=1S/C31H31N9O3/c1-18-14-33-31(35-26-13-19(2)39(3)37-26)36-28(18)23-15-32-29-21(23)8-6-9-24(29)34-27(41)17-40-12-11-20(16-40)42-30-22-7-4-5-10-25(22)43-38-30/h4-10,13-15,20,32H,11-12,16-17H2,1-3H3,(H,34,41)(H,33,35,36,37)/t20-/m0/s1. The Morgan fingerprint density at radius 2 is 2.02 bits per heavy atom. The molecule has 0 saturated carbocycles. The molecule has 0 aliphatic carbocycles. The molecule has 43 heavy (non-hydrogen) atoms.